The van der Waals surface area contributed by atoms with Gasteiger partial charge < -0.3 is 10.0 Å². The van der Waals surface area contributed by atoms with Crippen molar-refractivity contribution in [3.8, 4) is 0 Å². The van der Waals surface area contributed by atoms with Crippen molar-refractivity contribution in [1.82, 2.24) is 4.90 Å². The first-order valence-electron chi connectivity index (χ1n) is 7.46. The molecular formula is C18H19NO2S. The highest BCUT2D eigenvalue weighted by Gasteiger charge is 2.25. The van der Waals surface area contributed by atoms with Crippen LogP contribution in [0, 0.1) is 0 Å². The van der Waals surface area contributed by atoms with Crippen LogP contribution < -0.4 is 0 Å². The van der Waals surface area contributed by atoms with Crippen LogP contribution in [0.3, 0.4) is 0 Å². The van der Waals surface area contributed by atoms with Crippen molar-refractivity contribution in [3.63, 3.8) is 0 Å². The molecule has 0 unspecified atom stereocenters. The number of β-amino-alcohol motifs (C(OH)–C–C–N with tert-alkyl or cyclic N) is 1. The van der Waals surface area contributed by atoms with Crippen molar-refractivity contribution in [2.24, 2.45) is 0 Å². The Morgan fingerprint density at radius 1 is 1.14 bits per heavy atom. The molecule has 1 N–H and O–H groups in total. The summed E-state index contributed by atoms with van der Waals surface area (Å²) in [4.78, 5) is 15.2. The third kappa shape index (κ3) is 3.70. The van der Waals surface area contributed by atoms with Gasteiger partial charge in [-0.2, -0.15) is 0 Å². The number of nitrogens with zero attached hydrogens (tertiary/aromatic N) is 1. The zero-order chi connectivity index (χ0) is 15.4. The number of carbonyl (C=O) groups excluding carboxylic acids is 1. The number of rotatable bonds is 4. The first-order valence-corrected chi connectivity index (χ1v) is 8.45. The standard InChI is InChI=1S/C18H19NO2S/c20-16-10-11-19(12-16)18(21)15-6-8-17(9-7-15)22-13-14-4-2-1-3-5-14/h1-9,16,20H,10-13H2/t16-/m1/s1. The van der Waals surface area contributed by atoms with E-state index < -0.39 is 0 Å². The normalized spacial score (nSPS) is 17.7. The van der Waals surface area contributed by atoms with Gasteiger partial charge in [0.05, 0.1) is 6.10 Å². The highest BCUT2D eigenvalue weighted by molar-refractivity contribution is 7.98. The highest BCUT2D eigenvalue weighted by atomic mass is 32.2. The number of amides is 1. The molecule has 0 radical (unpaired) electrons. The van der Waals surface area contributed by atoms with E-state index in [1.165, 1.54) is 5.56 Å². The van der Waals surface area contributed by atoms with Crippen molar-refractivity contribution in [1.29, 1.82) is 0 Å². The number of aliphatic hydroxyl groups is 1. The summed E-state index contributed by atoms with van der Waals surface area (Å²) in [7, 11) is 0. The number of hydrogen-bond donors (Lipinski definition) is 1. The van der Waals surface area contributed by atoms with E-state index in [1.807, 2.05) is 42.5 Å². The molecule has 1 aliphatic rings. The lowest BCUT2D eigenvalue weighted by molar-refractivity contribution is 0.0765. The molecule has 1 amide bonds. The Balaban J connectivity index is 1.59. The highest BCUT2D eigenvalue weighted by Crippen LogP contribution is 2.23. The summed E-state index contributed by atoms with van der Waals surface area (Å²) in [5.74, 6) is 0.933. The lowest BCUT2D eigenvalue weighted by Gasteiger charge is -2.15. The van der Waals surface area contributed by atoms with Gasteiger partial charge in [0.25, 0.3) is 5.91 Å². The van der Waals surface area contributed by atoms with Crippen LogP contribution in [-0.2, 0) is 5.75 Å². The van der Waals surface area contributed by atoms with Gasteiger partial charge in [-0.15, -0.1) is 11.8 Å². The molecular weight excluding hydrogens is 294 g/mol. The van der Waals surface area contributed by atoms with Gasteiger partial charge >= 0.3 is 0 Å². The lowest BCUT2D eigenvalue weighted by atomic mass is 10.2. The van der Waals surface area contributed by atoms with Crippen molar-refractivity contribution in [2.45, 2.75) is 23.2 Å². The maximum atomic E-state index is 12.3. The maximum absolute atomic E-state index is 12.3. The van der Waals surface area contributed by atoms with Crippen LogP contribution >= 0.6 is 11.8 Å². The van der Waals surface area contributed by atoms with Crippen molar-refractivity contribution >= 4 is 17.7 Å². The number of thioether (sulfide) groups is 1. The van der Waals surface area contributed by atoms with E-state index in [4.69, 9.17) is 0 Å². The van der Waals surface area contributed by atoms with Crippen LogP contribution in [0.1, 0.15) is 22.3 Å². The molecule has 0 saturated carbocycles. The smallest absolute Gasteiger partial charge is 0.253 e. The lowest BCUT2D eigenvalue weighted by Crippen LogP contribution is -2.29. The summed E-state index contributed by atoms with van der Waals surface area (Å²) in [6.45, 7) is 1.09. The quantitative estimate of drug-likeness (QED) is 0.881. The number of likely N-dealkylation sites (tertiary alicyclic amines) is 1. The van der Waals surface area contributed by atoms with E-state index in [9.17, 15) is 9.90 Å². The minimum Gasteiger partial charge on any atom is -0.391 e. The van der Waals surface area contributed by atoms with Crippen LogP contribution in [-0.4, -0.2) is 35.1 Å². The predicted molar refractivity (Wildman–Crippen MR) is 89.0 cm³/mol. The Kier molecular flexibility index (Phi) is 4.80. The summed E-state index contributed by atoms with van der Waals surface area (Å²) in [5, 5.41) is 9.52. The molecule has 1 aliphatic heterocycles. The second-order valence-corrected chi connectivity index (χ2v) is 6.54. The van der Waals surface area contributed by atoms with Crippen LogP contribution in [0.5, 0.6) is 0 Å². The first-order chi connectivity index (χ1) is 10.7. The van der Waals surface area contributed by atoms with E-state index in [-0.39, 0.29) is 12.0 Å². The summed E-state index contributed by atoms with van der Waals surface area (Å²) in [6.07, 6.45) is 0.307. The summed E-state index contributed by atoms with van der Waals surface area (Å²) >= 11 is 1.76. The third-order valence-corrected chi connectivity index (χ3v) is 4.88. The average Bonchev–Trinajstić information content (AvgIpc) is 3.00. The monoisotopic (exact) mass is 313 g/mol. The Morgan fingerprint density at radius 3 is 2.50 bits per heavy atom. The molecule has 1 fully saturated rings. The SMILES string of the molecule is O=C(c1ccc(SCc2ccccc2)cc1)N1CC[C@@H](O)C1. The summed E-state index contributed by atoms with van der Waals surface area (Å²) in [5.41, 5.74) is 1.98. The van der Waals surface area contributed by atoms with Gasteiger partial charge in [-0.3, -0.25) is 4.79 Å². The molecule has 1 heterocycles. The van der Waals surface area contributed by atoms with Gasteiger partial charge in [0.1, 0.15) is 0 Å². The predicted octanol–water partition coefficient (Wildman–Crippen LogP) is 3.19. The van der Waals surface area contributed by atoms with Gasteiger partial charge in [-0.05, 0) is 36.2 Å². The van der Waals surface area contributed by atoms with E-state index in [2.05, 4.69) is 12.1 Å². The summed E-state index contributed by atoms with van der Waals surface area (Å²) < 4.78 is 0. The van der Waals surface area contributed by atoms with Crippen molar-refractivity contribution in [2.75, 3.05) is 13.1 Å². The Hall–Kier alpha value is -1.78. The Morgan fingerprint density at radius 2 is 1.86 bits per heavy atom. The molecule has 114 valence electrons. The van der Waals surface area contributed by atoms with E-state index in [1.54, 1.807) is 16.7 Å². The fraction of sp³-hybridized carbons (Fsp3) is 0.278. The number of benzene rings is 2. The molecule has 2 aromatic carbocycles. The number of hydrogen-bond acceptors (Lipinski definition) is 3. The Labute approximate surface area is 135 Å². The fourth-order valence-corrected chi connectivity index (χ4v) is 3.40. The van der Waals surface area contributed by atoms with Crippen molar-refractivity contribution in [3.05, 3.63) is 65.7 Å². The van der Waals surface area contributed by atoms with Gasteiger partial charge in [0.15, 0.2) is 0 Å². The topological polar surface area (TPSA) is 40.5 Å². The molecule has 22 heavy (non-hydrogen) atoms. The largest absolute Gasteiger partial charge is 0.391 e. The average molecular weight is 313 g/mol. The molecule has 0 aliphatic carbocycles. The van der Waals surface area contributed by atoms with Gasteiger partial charge in [0.2, 0.25) is 0 Å². The number of aliphatic hydroxyl groups excluding tert-OH is 1. The van der Waals surface area contributed by atoms with E-state index >= 15 is 0 Å². The molecule has 1 atom stereocenters. The minimum absolute atomic E-state index is 0.0103. The first kappa shape index (κ1) is 15.1. The molecule has 3 nitrogen and oxygen atoms in total. The van der Waals surface area contributed by atoms with Crippen LogP contribution in [0.4, 0.5) is 0 Å². The molecule has 3 rings (SSSR count). The molecule has 2 aromatic rings. The molecule has 4 heteroatoms. The molecule has 0 spiro atoms. The second kappa shape index (κ2) is 6.99. The molecule has 0 bridgehead atoms. The Bertz CT molecular complexity index is 627. The zero-order valence-corrected chi connectivity index (χ0v) is 13.1. The van der Waals surface area contributed by atoms with Gasteiger partial charge in [0, 0.05) is 29.3 Å². The second-order valence-electron chi connectivity index (χ2n) is 5.49. The summed E-state index contributed by atoms with van der Waals surface area (Å²) in [6, 6.07) is 18.1. The van der Waals surface area contributed by atoms with Crippen LogP contribution in [0.2, 0.25) is 0 Å². The van der Waals surface area contributed by atoms with Crippen LogP contribution in [0.25, 0.3) is 0 Å². The van der Waals surface area contributed by atoms with E-state index in [0.717, 1.165) is 10.6 Å². The fourth-order valence-electron chi connectivity index (χ4n) is 2.54. The minimum atomic E-state index is -0.371. The van der Waals surface area contributed by atoms with Gasteiger partial charge in [-0.25, -0.2) is 0 Å². The maximum Gasteiger partial charge on any atom is 0.253 e. The van der Waals surface area contributed by atoms with Crippen LogP contribution in [0.15, 0.2) is 59.5 Å². The molecule has 1 saturated heterocycles. The molecule has 0 aromatic heterocycles. The number of carbonyl (C=O) groups is 1. The van der Waals surface area contributed by atoms with Gasteiger partial charge in [-0.1, -0.05) is 30.3 Å². The van der Waals surface area contributed by atoms with Crippen molar-refractivity contribution < 1.29 is 9.90 Å². The third-order valence-electron chi connectivity index (χ3n) is 3.80. The van der Waals surface area contributed by atoms with E-state index in [0.29, 0.717) is 25.1 Å². The zero-order valence-electron chi connectivity index (χ0n) is 12.3.